The van der Waals surface area contributed by atoms with E-state index in [1.807, 2.05) is 0 Å². The maximum absolute atomic E-state index is 12.7. The van der Waals surface area contributed by atoms with Gasteiger partial charge in [0.1, 0.15) is 0 Å². The van der Waals surface area contributed by atoms with Crippen molar-refractivity contribution < 1.29 is 35.1 Å². The van der Waals surface area contributed by atoms with Crippen molar-refractivity contribution in [2.24, 2.45) is 0 Å². The van der Waals surface area contributed by atoms with Gasteiger partial charge in [-0.1, -0.05) is 45.2 Å². The number of halogens is 10. The Morgan fingerprint density at radius 1 is 0.562 bits per heavy atom. The molecule has 0 atom stereocenters. The highest BCUT2D eigenvalue weighted by Crippen LogP contribution is 2.53. The molecule has 0 nitrogen and oxygen atoms in total. The highest BCUT2D eigenvalue weighted by atomic mass is 127. The molecule has 0 aliphatic rings. The fraction of sp³-hybridized carbons (Fsp3) is 1.00. The molecule has 0 aromatic rings. The van der Waals surface area contributed by atoms with Gasteiger partial charge in [-0.05, 0) is 0 Å². The van der Waals surface area contributed by atoms with Crippen LogP contribution in [0.5, 0.6) is 0 Å². The van der Waals surface area contributed by atoms with Crippen molar-refractivity contribution in [2.45, 2.75) is 23.7 Å². The van der Waals surface area contributed by atoms with Crippen molar-refractivity contribution in [3.63, 3.8) is 0 Å². The van der Waals surface area contributed by atoms with E-state index in [1.54, 1.807) is 0 Å². The minimum Gasteiger partial charge on any atom is -0.199 e. The standard InChI is InChI=1S/C6H4F8I2/c7-3(8,1-15)5(11,12)6(13,14)4(9,10)2-16/h1-2H2. The molecule has 0 radical (unpaired) electrons. The first-order chi connectivity index (χ1) is 6.87. The van der Waals surface area contributed by atoms with E-state index in [-0.39, 0.29) is 0 Å². The second-order valence-corrected chi connectivity index (χ2v) is 4.35. The Labute approximate surface area is 112 Å². The molecule has 10 heteroatoms. The number of hydrogen-bond acceptors (Lipinski definition) is 0. The van der Waals surface area contributed by atoms with Gasteiger partial charge in [0.05, 0.1) is 8.86 Å². The molecule has 0 rings (SSSR count). The van der Waals surface area contributed by atoms with Gasteiger partial charge in [0.25, 0.3) is 0 Å². The van der Waals surface area contributed by atoms with Crippen LogP contribution in [0, 0.1) is 0 Å². The fourth-order valence-corrected chi connectivity index (χ4v) is 1.59. The summed E-state index contributed by atoms with van der Waals surface area (Å²) >= 11 is 1.45. The molecule has 0 aliphatic heterocycles. The van der Waals surface area contributed by atoms with Gasteiger partial charge in [-0.25, -0.2) is 0 Å². The normalized spacial score (nSPS) is 15.4. The Balaban J connectivity index is 5.46. The largest absolute Gasteiger partial charge is 0.378 e. The van der Waals surface area contributed by atoms with E-state index < -0.39 is 32.5 Å². The summed E-state index contributed by atoms with van der Waals surface area (Å²) in [7, 11) is 0. The molecular formula is C6H4F8I2. The van der Waals surface area contributed by atoms with Crippen molar-refractivity contribution >= 4 is 45.2 Å². The van der Waals surface area contributed by atoms with E-state index >= 15 is 0 Å². The molecular weight excluding hydrogens is 478 g/mol. The quantitative estimate of drug-likeness (QED) is 0.310. The summed E-state index contributed by atoms with van der Waals surface area (Å²) < 4.78 is 97.4. The SMILES string of the molecule is FC(F)(CI)C(F)(F)C(F)(F)C(F)(F)CI. The Morgan fingerprint density at radius 3 is 0.875 bits per heavy atom. The molecule has 0 N–H and O–H groups in total. The first kappa shape index (κ1) is 16.9. The van der Waals surface area contributed by atoms with Gasteiger partial charge in [0.2, 0.25) is 0 Å². The van der Waals surface area contributed by atoms with E-state index in [0.717, 1.165) is 45.2 Å². The molecule has 0 bridgehead atoms. The van der Waals surface area contributed by atoms with Crippen LogP contribution in [0.15, 0.2) is 0 Å². The summed E-state index contributed by atoms with van der Waals surface area (Å²) in [4.78, 5) is 0. The summed E-state index contributed by atoms with van der Waals surface area (Å²) in [6.45, 7) is 0. The molecule has 0 saturated carbocycles. The van der Waals surface area contributed by atoms with Crippen LogP contribution in [-0.4, -0.2) is 32.5 Å². The summed E-state index contributed by atoms with van der Waals surface area (Å²) in [6, 6.07) is 0. The molecule has 0 spiro atoms. The second kappa shape index (κ2) is 4.88. The first-order valence-corrected chi connectivity index (χ1v) is 6.55. The smallest absolute Gasteiger partial charge is 0.199 e. The number of rotatable bonds is 5. The average molecular weight is 482 g/mol. The van der Waals surface area contributed by atoms with Crippen molar-refractivity contribution in [1.82, 2.24) is 0 Å². The van der Waals surface area contributed by atoms with Gasteiger partial charge in [0, 0.05) is 0 Å². The summed E-state index contributed by atoms with van der Waals surface area (Å²) in [5.41, 5.74) is 0. The topological polar surface area (TPSA) is 0 Å². The Morgan fingerprint density at radius 2 is 0.750 bits per heavy atom. The zero-order chi connectivity index (χ0) is 13.4. The molecule has 0 unspecified atom stereocenters. The third-order valence-electron chi connectivity index (χ3n) is 1.65. The molecule has 98 valence electrons. The van der Waals surface area contributed by atoms with E-state index in [9.17, 15) is 35.1 Å². The zero-order valence-electron chi connectivity index (χ0n) is 7.19. The molecule has 0 aromatic heterocycles. The van der Waals surface area contributed by atoms with Crippen LogP contribution in [0.3, 0.4) is 0 Å². The van der Waals surface area contributed by atoms with Crippen molar-refractivity contribution in [1.29, 1.82) is 0 Å². The van der Waals surface area contributed by atoms with E-state index in [0.29, 0.717) is 0 Å². The molecule has 16 heavy (non-hydrogen) atoms. The van der Waals surface area contributed by atoms with Crippen molar-refractivity contribution in [2.75, 3.05) is 8.86 Å². The highest BCUT2D eigenvalue weighted by molar-refractivity contribution is 14.1. The maximum atomic E-state index is 12.7. The number of alkyl halides is 10. The predicted molar refractivity (Wildman–Crippen MR) is 57.6 cm³/mol. The lowest BCUT2D eigenvalue weighted by molar-refractivity contribution is -0.354. The lowest BCUT2D eigenvalue weighted by atomic mass is 10.0. The number of hydrogen-bond donors (Lipinski definition) is 0. The van der Waals surface area contributed by atoms with E-state index in [4.69, 9.17) is 0 Å². The first-order valence-electron chi connectivity index (χ1n) is 3.50. The third-order valence-corrected chi connectivity index (χ3v) is 3.56. The zero-order valence-corrected chi connectivity index (χ0v) is 11.5. The predicted octanol–water partition coefficient (Wildman–Crippen LogP) is 4.40. The Kier molecular flexibility index (Phi) is 5.15. The van der Waals surface area contributed by atoms with Crippen LogP contribution in [0.25, 0.3) is 0 Å². The van der Waals surface area contributed by atoms with Gasteiger partial charge < -0.3 is 0 Å². The highest BCUT2D eigenvalue weighted by Gasteiger charge is 2.79. The lowest BCUT2D eigenvalue weighted by Gasteiger charge is -2.35. The average Bonchev–Trinajstić information content (AvgIpc) is 2.16. The molecule has 0 aromatic carbocycles. The van der Waals surface area contributed by atoms with Gasteiger partial charge in [-0.3, -0.25) is 0 Å². The molecule has 0 heterocycles. The molecule has 0 fully saturated rings. The van der Waals surface area contributed by atoms with Gasteiger partial charge >= 0.3 is 23.7 Å². The van der Waals surface area contributed by atoms with Crippen LogP contribution in [0.1, 0.15) is 0 Å². The maximum Gasteiger partial charge on any atom is 0.378 e. The minimum atomic E-state index is -6.10. The third kappa shape index (κ3) is 2.51. The minimum absolute atomic E-state index is 0.726. The van der Waals surface area contributed by atoms with Crippen LogP contribution in [-0.2, 0) is 0 Å². The summed E-state index contributed by atoms with van der Waals surface area (Å²) in [6.07, 6.45) is 0. The Hall–Kier alpha value is 0.900. The monoisotopic (exact) mass is 482 g/mol. The molecule has 0 aliphatic carbocycles. The second-order valence-electron chi connectivity index (χ2n) is 2.82. The van der Waals surface area contributed by atoms with Gasteiger partial charge in [-0.15, -0.1) is 0 Å². The van der Waals surface area contributed by atoms with Gasteiger partial charge in [0.15, 0.2) is 0 Å². The van der Waals surface area contributed by atoms with Crippen LogP contribution in [0.4, 0.5) is 35.1 Å². The van der Waals surface area contributed by atoms with Crippen molar-refractivity contribution in [3.05, 3.63) is 0 Å². The molecule has 0 amide bonds. The fourth-order valence-electron chi connectivity index (χ4n) is 0.627. The Bertz CT molecular complexity index is 225. The summed E-state index contributed by atoms with van der Waals surface area (Å²) in [5, 5.41) is 0. The molecule has 0 saturated heterocycles. The lowest BCUT2D eigenvalue weighted by Crippen LogP contribution is -2.63. The van der Waals surface area contributed by atoms with E-state index in [1.165, 1.54) is 0 Å². The van der Waals surface area contributed by atoms with Crippen LogP contribution < -0.4 is 0 Å². The van der Waals surface area contributed by atoms with E-state index in [2.05, 4.69) is 0 Å². The van der Waals surface area contributed by atoms with Crippen LogP contribution in [0.2, 0.25) is 0 Å². The van der Waals surface area contributed by atoms with Crippen LogP contribution >= 0.6 is 45.2 Å². The van der Waals surface area contributed by atoms with Gasteiger partial charge in [-0.2, -0.15) is 35.1 Å². The van der Waals surface area contributed by atoms with Crippen molar-refractivity contribution in [3.8, 4) is 0 Å². The summed E-state index contributed by atoms with van der Waals surface area (Å²) in [5.74, 6) is -22.6.